The van der Waals surface area contributed by atoms with Crippen molar-refractivity contribution in [1.82, 2.24) is 25.1 Å². The zero-order valence-electron chi connectivity index (χ0n) is 16.0. The molecule has 3 rings (SSSR count). The van der Waals surface area contributed by atoms with Gasteiger partial charge in [-0.25, -0.2) is 4.98 Å². The molecule has 9 heteroatoms. The number of alkyl halides is 3. The summed E-state index contributed by atoms with van der Waals surface area (Å²) in [5, 5.41) is 3.24. The summed E-state index contributed by atoms with van der Waals surface area (Å²) in [6.07, 6.45) is -2.41. The summed E-state index contributed by atoms with van der Waals surface area (Å²) in [6, 6.07) is 8.48. The van der Waals surface area contributed by atoms with Gasteiger partial charge in [0.05, 0.1) is 18.4 Å². The summed E-state index contributed by atoms with van der Waals surface area (Å²) < 4.78 is 38.7. The molecule has 1 fully saturated rings. The molecule has 1 aromatic heterocycles. The Hall–Kier alpha value is -2.55. The number of benzene rings is 1. The molecule has 1 aliphatic heterocycles. The van der Waals surface area contributed by atoms with Gasteiger partial charge >= 0.3 is 6.18 Å². The van der Waals surface area contributed by atoms with Crippen molar-refractivity contribution in [3.63, 3.8) is 0 Å². The third-order valence-corrected chi connectivity index (χ3v) is 4.97. The molecule has 1 aliphatic rings. The van der Waals surface area contributed by atoms with E-state index in [1.54, 1.807) is 13.2 Å². The highest BCUT2D eigenvalue weighted by Gasteiger charge is 2.41. The molecule has 1 atom stereocenters. The molecule has 0 bridgehead atoms. The maximum Gasteiger partial charge on any atom is 0.403 e. The van der Waals surface area contributed by atoms with Gasteiger partial charge in [-0.05, 0) is 12.5 Å². The van der Waals surface area contributed by atoms with Crippen molar-refractivity contribution in [3.05, 3.63) is 42.4 Å². The third kappa shape index (κ3) is 4.83. The normalized spacial score (nSPS) is 17.6. The first-order valence-corrected chi connectivity index (χ1v) is 9.24. The molecule has 152 valence electrons. The van der Waals surface area contributed by atoms with Crippen LogP contribution < -0.4 is 5.32 Å². The second kappa shape index (κ2) is 8.64. The Balaban J connectivity index is 1.53. The average molecular weight is 394 g/mol. The number of hydrogen-bond acceptors (Lipinski definition) is 3. The van der Waals surface area contributed by atoms with Crippen LogP contribution in [0.5, 0.6) is 0 Å². The van der Waals surface area contributed by atoms with Crippen LogP contribution >= 0.6 is 0 Å². The highest BCUT2D eigenvalue weighted by molar-refractivity contribution is 5.79. The molecule has 2 aromatic rings. The van der Waals surface area contributed by atoms with Crippen molar-refractivity contribution in [2.75, 3.05) is 33.2 Å². The Morgan fingerprint density at radius 3 is 2.50 bits per heavy atom. The number of nitrogens with zero attached hydrogens (tertiary/aromatic N) is 4. The predicted octanol–water partition coefficient (Wildman–Crippen LogP) is 2.72. The van der Waals surface area contributed by atoms with Crippen molar-refractivity contribution in [1.29, 1.82) is 0 Å². The number of nitrogens with one attached hydrogen (secondary N) is 2. The fourth-order valence-corrected chi connectivity index (χ4v) is 3.24. The van der Waals surface area contributed by atoms with Gasteiger partial charge < -0.3 is 15.2 Å². The second-order valence-corrected chi connectivity index (χ2v) is 6.75. The lowest BCUT2D eigenvalue weighted by Gasteiger charge is -2.39. The van der Waals surface area contributed by atoms with Gasteiger partial charge in [0.25, 0.3) is 0 Å². The predicted molar refractivity (Wildman–Crippen MR) is 103 cm³/mol. The molecule has 0 aliphatic carbocycles. The molecule has 28 heavy (non-hydrogen) atoms. The molecule has 2 heterocycles. The molecule has 0 radical (unpaired) electrons. The first-order valence-electron chi connectivity index (χ1n) is 9.24. The SMILES string of the molecule is CN=C(NCc1ncc(-c2ccccc2)[nH]1)N1CCN(C(C)C(F)(F)F)CC1. The molecule has 1 aromatic carbocycles. The summed E-state index contributed by atoms with van der Waals surface area (Å²) in [7, 11) is 1.67. The largest absolute Gasteiger partial charge is 0.403 e. The lowest BCUT2D eigenvalue weighted by molar-refractivity contribution is -0.181. The van der Waals surface area contributed by atoms with E-state index >= 15 is 0 Å². The maximum absolute atomic E-state index is 12.9. The number of H-pyrrole nitrogens is 1. The molecule has 0 amide bonds. The quantitative estimate of drug-likeness (QED) is 0.619. The molecule has 6 nitrogen and oxygen atoms in total. The molecular formula is C19H25F3N6. The maximum atomic E-state index is 12.9. The second-order valence-electron chi connectivity index (χ2n) is 6.75. The zero-order valence-corrected chi connectivity index (χ0v) is 16.0. The minimum atomic E-state index is -4.20. The van der Waals surface area contributed by atoms with Gasteiger partial charge in [0.15, 0.2) is 5.96 Å². The van der Waals surface area contributed by atoms with Crippen molar-refractivity contribution in [2.24, 2.45) is 4.99 Å². The lowest BCUT2D eigenvalue weighted by atomic mass is 10.2. The molecule has 0 spiro atoms. The first-order chi connectivity index (χ1) is 13.4. The number of aromatic amines is 1. The molecule has 1 saturated heterocycles. The number of imidazole rings is 1. The van der Waals surface area contributed by atoms with Crippen LogP contribution in [-0.4, -0.2) is 71.2 Å². The minimum absolute atomic E-state index is 0.348. The first kappa shape index (κ1) is 20.2. The lowest BCUT2D eigenvalue weighted by Crippen LogP contribution is -2.56. The number of aromatic nitrogens is 2. The Labute approximate surface area is 162 Å². The van der Waals surface area contributed by atoms with E-state index in [1.165, 1.54) is 11.8 Å². The van der Waals surface area contributed by atoms with Gasteiger partial charge in [-0.3, -0.25) is 9.89 Å². The van der Waals surface area contributed by atoms with Crippen LogP contribution in [-0.2, 0) is 6.54 Å². The van der Waals surface area contributed by atoms with E-state index in [1.807, 2.05) is 35.2 Å². The van der Waals surface area contributed by atoms with Gasteiger partial charge in [-0.2, -0.15) is 13.2 Å². The number of aliphatic imine (C=N–C) groups is 1. The number of hydrogen-bond donors (Lipinski definition) is 2. The van der Waals surface area contributed by atoms with E-state index in [9.17, 15) is 13.2 Å². The van der Waals surface area contributed by atoms with Crippen molar-refractivity contribution in [2.45, 2.75) is 25.7 Å². The molecular weight excluding hydrogens is 369 g/mol. The monoisotopic (exact) mass is 394 g/mol. The summed E-state index contributed by atoms with van der Waals surface area (Å²) in [5.74, 6) is 1.43. The van der Waals surface area contributed by atoms with E-state index in [0.717, 1.165) is 17.1 Å². The van der Waals surface area contributed by atoms with E-state index in [4.69, 9.17) is 0 Å². The van der Waals surface area contributed by atoms with Gasteiger partial charge in [-0.15, -0.1) is 0 Å². The standard InChI is InChI=1S/C19H25F3N6/c1-14(19(20,21)22)27-8-10-28(11-9-27)18(23-2)25-13-17-24-12-16(26-17)15-6-4-3-5-7-15/h3-7,12,14H,8-11,13H2,1-2H3,(H,23,25)(H,24,26). The topological polar surface area (TPSA) is 59.6 Å². The van der Waals surface area contributed by atoms with Crippen LogP contribution in [0, 0.1) is 0 Å². The summed E-state index contributed by atoms with van der Waals surface area (Å²) in [5.41, 5.74) is 1.99. The molecule has 0 saturated carbocycles. The highest BCUT2D eigenvalue weighted by Crippen LogP contribution is 2.25. The van der Waals surface area contributed by atoms with E-state index in [0.29, 0.717) is 38.7 Å². The number of guanidine groups is 1. The van der Waals surface area contributed by atoms with E-state index in [2.05, 4.69) is 20.3 Å². The van der Waals surface area contributed by atoms with Crippen LogP contribution in [0.4, 0.5) is 13.2 Å². The van der Waals surface area contributed by atoms with Crippen LogP contribution in [0.15, 0.2) is 41.5 Å². The van der Waals surface area contributed by atoms with Crippen LogP contribution in [0.1, 0.15) is 12.7 Å². The Bertz CT molecular complexity index is 778. The zero-order chi connectivity index (χ0) is 20.1. The van der Waals surface area contributed by atoms with Gasteiger partial charge in [0.1, 0.15) is 11.9 Å². The summed E-state index contributed by atoms with van der Waals surface area (Å²) in [6.45, 7) is 3.35. The van der Waals surface area contributed by atoms with Gasteiger partial charge in [-0.1, -0.05) is 30.3 Å². The molecule has 1 unspecified atom stereocenters. The van der Waals surface area contributed by atoms with E-state index < -0.39 is 12.2 Å². The minimum Gasteiger partial charge on any atom is -0.349 e. The fourth-order valence-electron chi connectivity index (χ4n) is 3.24. The fraction of sp³-hybridized carbons (Fsp3) is 0.474. The smallest absolute Gasteiger partial charge is 0.349 e. The van der Waals surface area contributed by atoms with E-state index in [-0.39, 0.29) is 0 Å². The number of halogens is 3. The van der Waals surface area contributed by atoms with Crippen LogP contribution in [0.3, 0.4) is 0 Å². The van der Waals surface area contributed by atoms with Crippen LogP contribution in [0.2, 0.25) is 0 Å². The van der Waals surface area contributed by atoms with Crippen molar-refractivity contribution >= 4 is 5.96 Å². The third-order valence-electron chi connectivity index (χ3n) is 4.97. The van der Waals surface area contributed by atoms with Crippen molar-refractivity contribution < 1.29 is 13.2 Å². The summed E-state index contributed by atoms with van der Waals surface area (Å²) >= 11 is 0. The van der Waals surface area contributed by atoms with Crippen LogP contribution in [0.25, 0.3) is 11.3 Å². The molecule has 2 N–H and O–H groups in total. The Kier molecular flexibility index (Phi) is 6.23. The Morgan fingerprint density at radius 1 is 1.21 bits per heavy atom. The summed E-state index contributed by atoms with van der Waals surface area (Å²) in [4.78, 5) is 15.3. The van der Waals surface area contributed by atoms with Gasteiger partial charge in [0, 0.05) is 33.2 Å². The Morgan fingerprint density at radius 2 is 1.89 bits per heavy atom. The average Bonchev–Trinajstić information content (AvgIpc) is 3.17. The van der Waals surface area contributed by atoms with Gasteiger partial charge in [0.2, 0.25) is 0 Å². The number of rotatable bonds is 4. The number of piperazine rings is 1. The highest BCUT2D eigenvalue weighted by atomic mass is 19.4. The van der Waals surface area contributed by atoms with Crippen molar-refractivity contribution in [3.8, 4) is 11.3 Å².